The first kappa shape index (κ1) is 20.1. The molecule has 0 bridgehead atoms. The van der Waals surface area contributed by atoms with E-state index in [1.807, 2.05) is 13.8 Å². The number of carbonyl (C=O) groups is 2. The van der Waals surface area contributed by atoms with Crippen LogP contribution in [0.25, 0.3) is 0 Å². The van der Waals surface area contributed by atoms with E-state index in [-0.39, 0.29) is 30.6 Å². The molecule has 0 aliphatic carbocycles. The molecule has 0 radical (unpaired) electrons. The molecule has 0 atom stereocenters. The zero-order chi connectivity index (χ0) is 19.2. The van der Waals surface area contributed by atoms with Gasteiger partial charge in [0.1, 0.15) is 5.82 Å². The second kappa shape index (κ2) is 8.94. The van der Waals surface area contributed by atoms with E-state index in [2.05, 4.69) is 26.6 Å². The minimum absolute atomic E-state index is 0.162. The van der Waals surface area contributed by atoms with E-state index in [1.165, 1.54) is 6.07 Å². The highest BCUT2D eigenvalue weighted by Gasteiger charge is 2.24. The Labute approximate surface area is 161 Å². The molecule has 6 heteroatoms. The SMILES string of the molecule is CC(C)(CNC(=O)CCNC(=O)c1ccc(Br)cc1)c1ccccc1F. The highest BCUT2D eigenvalue weighted by molar-refractivity contribution is 9.10. The maximum atomic E-state index is 13.9. The van der Waals surface area contributed by atoms with Crippen molar-refractivity contribution in [1.29, 1.82) is 0 Å². The Morgan fingerprint density at radius 2 is 1.69 bits per heavy atom. The van der Waals surface area contributed by atoms with Crippen molar-refractivity contribution in [3.05, 3.63) is 69.9 Å². The molecule has 0 aromatic heterocycles. The molecule has 0 spiro atoms. The van der Waals surface area contributed by atoms with Crippen molar-refractivity contribution < 1.29 is 14.0 Å². The lowest BCUT2D eigenvalue weighted by Crippen LogP contribution is -2.38. The van der Waals surface area contributed by atoms with Crippen LogP contribution in [0, 0.1) is 5.82 Å². The average Bonchev–Trinajstić information content (AvgIpc) is 2.61. The standard InChI is InChI=1S/C20H22BrFN2O2/c1-20(2,16-5-3-4-6-17(16)22)13-24-18(25)11-12-23-19(26)14-7-9-15(21)10-8-14/h3-10H,11-13H2,1-2H3,(H,23,26)(H,24,25). The normalized spacial score (nSPS) is 11.1. The van der Waals surface area contributed by atoms with Gasteiger partial charge in [-0.2, -0.15) is 0 Å². The summed E-state index contributed by atoms with van der Waals surface area (Å²) in [5, 5.41) is 5.52. The molecule has 2 aromatic rings. The molecule has 2 rings (SSSR count). The number of nitrogens with one attached hydrogen (secondary N) is 2. The molecule has 2 N–H and O–H groups in total. The van der Waals surface area contributed by atoms with Crippen LogP contribution in [0.1, 0.15) is 36.2 Å². The molecule has 0 fully saturated rings. The van der Waals surface area contributed by atoms with Crippen LogP contribution in [0.4, 0.5) is 4.39 Å². The predicted molar refractivity (Wildman–Crippen MR) is 104 cm³/mol. The summed E-state index contributed by atoms with van der Waals surface area (Å²) in [7, 11) is 0. The Morgan fingerprint density at radius 3 is 2.35 bits per heavy atom. The van der Waals surface area contributed by atoms with Gasteiger partial charge in [0.15, 0.2) is 0 Å². The third-order valence-electron chi connectivity index (χ3n) is 4.07. The molecular formula is C20H22BrFN2O2. The highest BCUT2D eigenvalue weighted by Crippen LogP contribution is 2.24. The summed E-state index contributed by atoms with van der Waals surface area (Å²) in [5.41, 5.74) is 0.569. The maximum Gasteiger partial charge on any atom is 0.251 e. The first-order valence-electron chi connectivity index (χ1n) is 8.35. The topological polar surface area (TPSA) is 58.2 Å². The largest absolute Gasteiger partial charge is 0.355 e. The lowest BCUT2D eigenvalue weighted by atomic mass is 9.84. The summed E-state index contributed by atoms with van der Waals surface area (Å²) in [4.78, 5) is 24.0. The van der Waals surface area contributed by atoms with Crippen molar-refractivity contribution in [3.8, 4) is 0 Å². The van der Waals surface area contributed by atoms with Gasteiger partial charge in [-0.25, -0.2) is 4.39 Å². The summed E-state index contributed by atoms with van der Waals surface area (Å²) < 4.78 is 14.8. The lowest BCUT2D eigenvalue weighted by Gasteiger charge is -2.26. The molecule has 0 saturated heterocycles. The van der Waals surface area contributed by atoms with E-state index in [0.29, 0.717) is 17.7 Å². The third kappa shape index (κ3) is 5.66. The number of rotatable bonds is 7. The Morgan fingerprint density at radius 1 is 1.04 bits per heavy atom. The fourth-order valence-electron chi connectivity index (χ4n) is 2.51. The number of amides is 2. The van der Waals surface area contributed by atoms with E-state index >= 15 is 0 Å². The van der Waals surface area contributed by atoms with Crippen molar-refractivity contribution in [1.82, 2.24) is 10.6 Å². The average molecular weight is 421 g/mol. The summed E-state index contributed by atoms with van der Waals surface area (Å²) >= 11 is 3.31. The Kier molecular flexibility index (Phi) is 6.91. The summed E-state index contributed by atoms with van der Waals surface area (Å²) in [5.74, 6) is -0.698. The molecular weight excluding hydrogens is 399 g/mol. The van der Waals surface area contributed by atoms with Gasteiger partial charge in [0.2, 0.25) is 5.91 Å². The first-order chi connectivity index (χ1) is 12.3. The number of halogens is 2. The fraction of sp³-hybridized carbons (Fsp3) is 0.300. The van der Waals surface area contributed by atoms with Gasteiger partial charge in [-0.3, -0.25) is 9.59 Å². The third-order valence-corrected chi connectivity index (χ3v) is 4.60. The number of benzene rings is 2. The van der Waals surface area contributed by atoms with Gasteiger partial charge in [-0.15, -0.1) is 0 Å². The van der Waals surface area contributed by atoms with E-state index in [0.717, 1.165) is 4.47 Å². The van der Waals surface area contributed by atoms with Crippen LogP contribution < -0.4 is 10.6 Å². The van der Waals surface area contributed by atoms with Crippen LogP contribution in [0.2, 0.25) is 0 Å². The van der Waals surface area contributed by atoms with E-state index < -0.39 is 5.41 Å². The summed E-state index contributed by atoms with van der Waals surface area (Å²) in [6, 6.07) is 13.5. The Bertz CT molecular complexity index is 776. The van der Waals surface area contributed by atoms with Crippen LogP contribution in [-0.4, -0.2) is 24.9 Å². The summed E-state index contributed by atoms with van der Waals surface area (Å²) in [6.07, 6.45) is 0.162. The van der Waals surface area contributed by atoms with Crippen molar-refractivity contribution in [2.24, 2.45) is 0 Å². The van der Waals surface area contributed by atoms with Crippen molar-refractivity contribution in [2.75, 3.05) is 13.1 Å². The molecule has 4 nitrogen and oxygen atoms in total. The van der Waals surface area contributed by atoms with Gasteiger partial charge in [0.25, 0.3) is 5.91 Å². The second-order valence-corrected chi connectivity index (χ2v) is 7.57. The van der Waals surface area contributed by atoms with E-state index in [9.17, 15) is 14.0 Å². The zero-order valence-electron chi connectivity index (χ0n) is 14.8. The van der Waals surface area contributed by atoms with Crippen molar-refractivity contribution >= 4 is 27.7 Å². The van der Waals surface area contributed by atoms with Crippen LogP contribution >= 0.6 is 15.9 Å². The van der Waals surface area contributed by atoms with Crippen molar-refractivity contribution in [2.45, 2.75) is 25.7 Å². The van der Waals surface area contributed by atoms with Gasteiger partial charge in [0.05, 0.1) is 0 Å². The quantitative estimate of drug-likeness (QED) is 0.715. The first-order valence-corrected chi connectivity index (χ1v) is 9.14. The predicted octanol–water partition coefficient (Wildman–Crippen LogP) is 3.80. The van der Waals surface area contributed by atoms with Gasteiger partial charge < -0.3 is 10.6 Å². The Balaban J connectivity index is 1.77. The molecule has 2 aromatic carbocycles. The molecule has 0 aliphatic rings. The highest BCUT2D eigenvalue weighted by atomic mass is 79.9. The lowest BCUT2D eigenvalue weighted by molar-refractivity contribution is -0.121. The minimum atomic E-state index is -0.526. The maximum absolute atomic E-state index is 13.9. The zero-order valence-corrected chi connectivity index (χ0v) is 16.4. The van der Waals surface area contributed by atoms with Gasteiger partial charge >= 0.3 is 0 Å². The minimum Gasteiger partial charge on any atom is -0.355 e. The molecule has 26 heavy (non-hydrogen) atoms. The van der Waals surface area contributed by atoms with Crippen LogP contribution in [0.3, 0.4) is 0 Å². The van der Waals surface area contributed by atoms with Crippen LogP contribution in [0.5, 0.6) is 0 Å². The summed E-state index contributed by atoms with van der Waals surface area (Å²) in [6.45, 7) is 4.30. The van der Waals surface area contributed by atoms with E-state index in [1.54, 1.807) is 42.5 Å². The van der Waals surface area contributed by atoms with Gasteiger partial charge in [-0.1, -0.05) is 48.0 Å². The smallest absolute Gasteiger partial charge is 0.251 e. The van der Waals surface area contributed by atoms with E-state index in [4.69, 9.17) is 0 Å². The molecule has 0 saturated carbocycles. The number of hydrogen-bond donors (Lipinski definition) is 2. The molecule has 0 unspecified atom stereocenters. The Hall–Kier alpha value is -2.21. The molecule has 0 heterocycles. The van der Waals surface area contributed by atoms with Crippen LogP contribution in [0.15, 0.2) is 53.0 Å². The second-order valence-electron chi connectivity index (χ2n) is 6.65. The number of carbonyl (C=O) groups excluding carboxylic acids is 2. The monoisotopic (exact) mass is 420 g/mol. The molecule has 0 aliphatic heterocycles. The van der Waals surface area contributed by atoms with Gasteiger partial charge in [0, 0.05) is 35.0 Å². The van der Waals surface area contributed by atoms with Crippen LogP contribution in [-0.2, 0) is 10.2 Å². The molecule has 2 amide bonds. The fourth-order valence-corrected chi connectivity index (χ4v) is 2.77. The van der Waals surface area contributed by atoms with Gasteiger partial charge in [-0.05, 0) is 35.9 Å². The van der Waals surface area contributed by atoms with Crippen molar-refractivity contribution in [3.63, 3.8) is 0 Å². The molecule has 138 valence electrons. The number of hydrogen-bond acceptors (Lipinski definition) is 2.